The molecule has 15 heavy (non-hydrogen) atoms. The van der Waals surface area contributed by atoms with Gasteiger partial charge in [0.15, 0.2) is 0 Å². The zero-order valence-corrected chi connectivity index (χ0v) is 9.73. The van der Waals surface area contributed by atoms with Crippen molar-refractivity contribution in [1.82, 2.24) is 0 Å². The SMILES string of the molecule is CCc1ccc(C=NOC(C)CC)cc1. The summed E-state index contributed by atoms with van der Waals surface area (Å²) in [5.74, 6) is 0. The molecule has 1 unspecified atom stereocenters. The van der Waals surface area contributed by atoms with Gasteiger partial charge in [-0.2, -0.15) is 0 Å². The highest BCUT2D eigenvalue weighted by molar-refractivity contribution is 5.79. The van der Waals surface area contributed by atoms with Crippen LogP contribution in [0.4, 0.5) is 0 Å². The third-order valence-corrected chi connectivity index (χ3v) is 2.41. The van der Waals surface area contributed by atoms with E-state index in [2.05, 4.69) is 43.3 Å². The average molecular weight is 205 g/mol. The molecule has 2 nitrogen and oxygen atoms in total. The van der Waals surface area contributed by atoms with Gasteiger partial charge in [-0.25, -0.2) is 0 Å². The Hall–Kier alpha value is -1.31. The normalized spacial score (nSPS) is 13.0. The summed E-state index contributed by atoms with van der Waals surface area (Å²) in [6.07, 6.45) is 3.99. The molecular formula is C13H19NO. The fourth-order valence-electron chi connectivity index (χ4n) is 1.11. The Kier molecular flexibility index (Phi) is 4.88. The second-order valence-corrected chi connectivity index (χ2v) is 3.65. The summed E-state index contributed by atoms with van der Waals surface area (Å²) in [5, 5.41) is 3.94. The molecule has 1 aromatic carbocycles. The van der Waals surface area contributed by atoms with Crippen molar-refractivity contribution in [2.45, 2.75) is 39.7 Å². The first-order valence-corrected chi connectivity index (χ1v) is 5.54. The molecule has 0 saturated heterocycles. The maximum Gasteiger partial charge on any atom is 0.124 e. The Morgan fingerprint density at radius 2 is 1.93 bits per heavy atom. The predicted molar refractivity (Wildman–Crippen MR) is 64.3 cm³/mol. The lowest BCUT2D eigenvalue weighted by molar-refractivity contribution is 0.0712. The molecule has 2 heteroatoms. The zero-order chi connectivity index (χ0) is 11.1. The Morgan fingerprint density at radius 1 is 1.27 bits per heavy atom. The van der Waals surface area contributed by atoms with Gasteiger partial charge in [0, 0.05) is 0 Å². The fraction of sp³-hybridized carbons (Fsp3) is 0.462. The molecule has 1 rings (SSSR count). The monoisotopic (exact) mass is 205 g/mol. The van der Waals surface area contributed by atoms with Crippen LogP contribution in [-0.2, 0) is 11.3 Å². The predicted octanol–water partition coefficient (Wildman–Crippen LogP) is 3.40. The molecule has 0 aliphatic heterocycles. The van der Waals surface area contributed by atoms with Crippen LogP contribution in [0.1, 0.15) is 38.3 Å². The van der Waals surface area contributed by atoms with Crippen LogP contribution in [0, 0.1) is 0 Å². The fourth-order valence-corrected chi connectivity index (χ4v) is 1.11. The van der Waals surface area contributed by atoms with E-state index in [9.17, 15) is 0 Å². The molecule has 0 amide bonds. The van der Waals surface area contributed by atoms with Crippen LogP contribution in [-0.4, -0.2) is 12.3 Å². The highest BCUT2D eigenvalue weighted by Gasteiger charge is 1.95. The highest BCUT2D eigenvalue weighted by atomic mass is 16.6. The second kappa shape index (κ2) is 6.23. The van der Waals surface area contributed by atoms with Crippen molar-refractivity contribution in [3.63, 3.8) is 0 Å². The van der Waals surface area contributed by atoms with Crippen LogP contribution >= 0.6 is 0 Å². The van der Waals surface area contributed by atoms with E-state index >= 15 is 0 Å². The maximum absolute atomic E-state index is 5.22. The van der Waals surface area contributed by atoms with Crippen LogP contribution in [0.25, 0.3) is 0 Å². The molecule has 1 aromatic rings. The number of hydrogen-bond donors (Lipinski definition) is 0. The second-order valence-electron chi connectivity index (χ2n) is 3.65. The molecule has 0 aliphatic carbocycles. The van der Waals surface area contributed by atoms with E-state index in [4.69, 9.17) is 4.84 Å². The van der Waals surface area contributed by atoms with Crippen molar-refractivity contribution in [3.05, 3.63) is 35.4 Å². The van der Waals surface area contributed by atoms with Crippen molar-refractivity contribution in [3.8, 4) is 0 Å². The lowest BCUT2D eigenvalue weighted by Gasteiger charge is -2.04. The van der Waals surface area contributed by atoms with Gasteiger partial charge in [0.05, 0.1) is 6.21 Å². The Bertz CT molecular complexity index is 303. The van der Waals surface area contributed by atoms with Crippen LogP contribution in [0.3, 0.4) is 0 Å². The summed E-state index contributed by atoms with van der Waals surface area (Å²) in [6, 6.07) is 8.35. The van der Waals surface area contributed by atoms with Gasteiger partial charge in [0.1, 0.15) is 6.10 Å². The summed E-state index contributed by atoms with van der Waals surface area (Å²) in [6.45, 7) is 6.24. The molecule has 0 aliphatic rings. The summed E-state index contributed by atoms with van der Waals surface area (Å²) in [4.78, 5) is 5.22. The molecule has 1 atom stereocenters. The largest absolute Gasteiger partial charge is 0.393 e. The quantitative estimate of drug-likeness (QED) is 0.533. The number of aryl methyl sites for hydroxylation is 1. The van der Waals surface area contributed by atoms with Gasteiger partial charge in [-0.15, -0.1) is 0 Å². The van der Waals surface area contributed by atoms with Crippen molar-refractivity contribution in [1.29, 1.82) is 0 Å². The minimum absolute atomic E-state index is 0.191. The summed E-state index contributed by atoms with van der Waals surface area (Å²) in [5.41, 5.74) is 2.42. The molecule has 0 aromatic heterocycles. The zero-order valence-electron chi connectivity index (χ0n) is 9.73. The van der Waals surface area contributed by atoms with Crippen molar-refractivity contribution >= 4 is 6.21 Å². The van der Waals surface area contributed by atoms with Gasteiger partial charge in [-0.3, -0.25) is 0 Å². The van der Waals surface area contributed by atoms with Gasteiger partial charge >= 0.3 is 0 Å². The van der Waals surface area contributed by atoms with Gasteiger partial charge in [0.25, 0.3) is 0 Å². The van der Waals surface area contributed by atoms with E-state index < -0.39 is 0 Å². The number of oxime groups is 1. The molecule has 0 spiro atoms. The maximum atomic E-state index is 5.22. The Balaban J connectivity index is 2.49. The molecule has 82 valence electrons. The molecule has 0 fully saturated rings. The van der Waals surface area contributed by atoms with E-state index in [0.717, 1.165) is 18.4 Å². The third-order valence-electron chi connectivity index (χ3n) is 2.41. The van der Waals surface area contributed by atoms with E-state index in [0.29, 0.717) is 0 Å². The molecule has 0 bridgehead atoms. The highest BCUT2D eigenvalue weighted by Crippen LogP contribution is 2.03. The van der Waals surface area contributed by atoms with E-state index in [-0.39, 0.29) is 6.10 Å². The number of hydrogen-bond acceptors (Lipinski definition) is 2. The van der Waals surface area contributed by atoms with Crippen LogP contribution in [0.5, 0.6) is 0 Å². The van der Waals surface area contributed by atoms with Crippen LogP contribution in [0.15, 0.2) is 29.4 Å². The van der Waals surface area contributed by atoms with Crippen LogP contribution in [0.2, 0.25) is 0 Å². The first-order chi connectivity index (χ1) is 7.26. The number of nitrogens with zero attached hydrogens (tertiary/aromatic N) is 1. The smallest absolute Gasteiger partial charge is 0.124 e. The first-order valence-electron chi connectivity index (χ1n) is 5.54. The Morgan fingerprint density at radius 3 is 2.47 bits per heavy atom. The van der Waals surface area contributed by atoms with Crippen molar-refractivity contribution < 1.29 is 4.84 Å². The summed E-state index contributed by atoms with van der Waals surface area (Å²) >= 11 is 0. The summed E-state index contributed by atoms with van der Waals surface area (Å²) in [7, 11) is 0. The lowest BCUT2D eigenvalue weighted by atomic mass is 10.1. The van der Waals surface area contributed by atoms with Gasteiger partial charge in [-0.05, 0) is 30.9 Å². The molecule has 0 heterocycles. The van der Waals surface area contributed by atoms with E-state index in [1.165, 1.54) is 5.56 Å². The minimum atomic E-state index is 0.191. The van der Waals surface area contributed by atoms with Gasteiger partial charge in [0.2, 0.25) is 0 Å². The topological polar surface area (TPSA) is 21.6 Å². The van der Waals surface area contributed by atoms with Crippen molar-refractivity contribution in [2.24, 2.45) is 5.16 Å². The Labute approximate surface area is 91.9 Å². The standard InChI is InChI=1S/C13H19NO/c1-4-11(3)15-14-10-13-8-6-12(5-2)7-9-13/h6-11H,4-5H2,1-3H3. The van der Waals surface area contributed by atoms with Gasteiger partial charge in [-0.1, -0.05) is 43.3 Å². The molecule has 0 radical (unpaired) electrons. The van der Waals surface area contributed by atoms with E-state index in [1.54, 1.807) is 6.21 Å². The molecule has 0 N–H and O–H groups in total. The minimum Gasteiger partial charge on any atom is -0.393 e. The third kappa shape index (κ3) is 4.15. The average Bonchev–Trinajstić information content (AvgIpc) is 2.29. The first kappa shape index (κ1) is 11.8. The van der Waals surface area contributed by atoms with Gasteiger partial charge < -0.3 is 4.84 Å². The molecule has 0 saturated carbocycles. The number of rotatable bonds is 5. The van der Waals surface area contributed by atoms with E-state index in [1.807, 2.05) is 6.92 Å². The lowest BCUT2D eigenvalue weighted by Crippen LogP contribution is -2.01. The number of benzene rings is 1. The molecular weight excluding hydrogens is 186 g/mol. The summed E-state index contributed by atoms with van der Waals surface area (Å²) < 4.78 is 0. The van der Waals surface area contributed by atoms with Crippen molar-refractivity contribution in [2.75, 3.05) is 0 Å². The van der Waals surface area contributed by atoms with Crippen LogP contribution < -0.4 is 0 Å².